The molecule has 0 aromatic heterocycles. The quantitative estimate of drug-likeness (QED) is 0.879. The molecule has 1 N–H and O–H groups in total. The van der Waals surface area contributed by atoms with E-state index in [0.717, 1.165) is 36.0 Å². The van der Waals surface area contributed by atoms with Gasteiger partial charge in [-0.15, -0.1) is 0 Å². The summed E-state index contributed by atoms with van der Waals surface area (Å²) in [5, 5.41) is 10.6. The largest absolute Gasteiger partial charge is 0.389 e. The number of rotatable bonds is 4. The van der Waals surface area contributed by atoms with Gasteiger partial charge in [0.05, 0.1) is 18.8 Å². The molecular weight excluding hydrogens is 342 g/mol. The van der Waals surface area contributed by atoms with Gasteiger partial charge in [0.15, 0.2) is 0 Å². The number of halogens is 1. The van der Waals surface area contributed by atoms with Crippen LogP contribution in [0.15, 0.2) is 28.7 Å². The maximum Gasteiger partial charge on any atom is 0.0956 e. The van der Waals surface area contributed by atoms with Crippen molar-refractivity contribution in [2.75, 3.05) is 13.1 Å². The highest BCUT2D eigenvalue weighted by Gasteiger charge is 2.38. The molecule has 2 fully saturated rings. The SMILES string of the molecule is OC1C(OCc2cccc(Br)c2)CCC1N1CCCCCC1. The van der Waals surface area contributed by atoms with Gasteiger partial charge in [-0.1, -0.05) is 40.9 Å². The average molecular weight is 368 g/mol. The van der Waals surface area contributed by atoms with Crippen molar-refractivity contribution in [2.24, 2.45) is 0 Å². The molecule has 1 aromatic carbocycles. The van der Waals surface area contributed by atoms with E-state index in [1.165, 1.54) is 25.7 Å². The molecule has 2 aliphatic rings. The number of benzene rings is 1. The minimum absolute atomic E-state index is 0.0211. The molecule has 1 aromatic rings. The van der Waals surface area contributed by atoms with Crippen LogP contribution in [-0.2, 0) is 11.3 Å². The molecule has 0 bridgehead atoms. The van der Waals surface area contributed by atoms with Crippen molar-refractivity contribution in [3.8, 4) is 0 Å². The highest BCUT2D eigenvalue weighted by molar-refractivity contribution is 9.10. The molecule has 1 aliphatic heterocycles. The summed E-state index contributed by atoms with van der Waals surface area (Å²) in [5.41, 5.74) is 1.15. The molecule has 3 nitrogen and oxygen atoms in total. The van der Waals surface area contributed by atoms with Gasteiger partial charge in [0.25, 0.3) is 0 Å². The van der Waals surface area contributed by atoms with Crippen molar-refractivity contribution >= 4 is 15.9 Å². The summed E-state index contributed by atoms with van der Waals surface area (Å²) in [5.74, 6) is 0. The van der Waals surface area contributed by atoms with Gasteiger partial charge < -0.3 is 9.84 Å². The van der Waals surface area contributed by atoms with E-state index in [9.17, 15) is 5.11 Å². The van der Waals surface area contributed by atoms with E-state index in [1.807, 2.05) is 12.1 Å². The van der Waals surface area contributed by atoms with Crippen LogP contribution in [0.25, 0.3) is 0 Å². The highest BCUT2D eigenvalue weighted by Crippen LogP contribution is 2.29. The Bertz CT molecular complexity index is 474. The van der Waals surface area contributed by atoms with Crippen LogP contribution in [0.2, 0.25) is 0 Å². The van der Waals surface area contributed by atoms with Crippen molar-refractivity contribution < 1.29 is 9.84 Å². The van der Waals surface area contributed by atoms with Crippen molar-refractivity contribution in [1.82, 2.24) is 4.90 Å². The first-order valence-electron chi connectivity index (χ1n) is 8.52. The zero-order valence-electron chi connectivity index (χ0n) is 13.1. The second-order valence-corrected chi connectivity index (χ2v) is 7.48. The van der Waals surface area contributed by atoms with Gasteiger partial charge in [0, 0.05) is 10.5 Å². The Hall–Kier alpha value is -0.420. The first-order chi connectivity index (χ1) is 10.7. The molecule has 3 unspecified atom stereocenters. The lowest BCUT2D eigenvalue weighted by Crippen LogP contribution is -2.44. The number of likely N-dealkylation sites (tertiary alicyclic amines) is 1. The van der Waals surface area contributed by atoms with E-state index in [1.54, 1.807) is 0 Å². The summed E-state index contributed by atoms with van der Waals surface area (Å²) in [4.78, 5) is 2.50. The third-order valence-corrected chi connectivity index (χ3v) is 5.48. The normalized spacial score (nSPS) is 30.4. The molecule has 3 atom stereocenters. The lowest BCUT2D eigenvalue weighted by molar-refractivity contribution is -0.0493. The Morgan fingerprint density at radius 3 is 2.64 bits per heavy atom. The van der Waals surface area contributed by atoms with Crippen molar-refractivity contribution in [3.63, 3.8) is 0 Å². The molecule has 1 heterocycles. The number of hydrogen-bond acceptors (Lipinski definition) is 3. The summed E-state index contributed by atoms with van der Waals surface area (Å²) >= 11 is 3.48. The topological polar surface area (TPSA) is 32.7 Å². The van der Waals surface area contributed by atoms with Crippen LogP contribution in [0.1, 0.15) is 44.1 Å². The van der Waals surface area contributed by atoms with Gasteiger partial charge in [-0.05, 0) is 56.5 Å². The van der Waals surface area contributed by atoms with Gasteiger partial charge in [-0.3, -0.25) is 4.90 Å². The van der Waals surface area contributed by atoms with E-state index < -0.39 is 0 Å². The summed E-state index contributed by atoms with van der Waals surface area (Å²) in [6, 6.07) is 8.48. The number of aliphatic hydroxyl groups excluding tert-OH is 1. The van der Waals surface area contributed by atoms with E-state index in [-0.39, 0.29) is 12.2 Å². The van der Waals surface area contributed by atoms with Gasteiger partial charge in [-0.25, -0.2) is 0 Å². The number of hydrogen-bond donors (Lipinski definition) is 1. The summed E-state index contributed by atoms with van der Waals surface area (Å²) in [6.45, 7) is 2.86. The molecular formula is C18H26BrNO2. The van der Waals surface area contributed by atoms with Crippen molar-refractivity contribution in [2.45, 2.75) is 63.4 Å². The number of ether oxygens (including phenoxy) is 1. The first kappa shape index (κ1) is 16.4. The Kier molecular flexibility index (Phi) is 5.91. The van der Waals surface area contributed by atoms with Crippen LogP contribution in [-0.4, -0.2) is 41.3 Å². The molecule has 122 valence electrons. The predicted molar refractivity (Wildman–Crippen MR) is 91.8 cm³/mol. The monoisotopic (exact) mass is 367 g/mol. The van der Waals surface area contributed by atoms with Crippen LogP contribution in [0.5, 0.6) is 0 Å². The summed E-state index contributed by atoms with van der Waals surface area (Å²) in [6.07, 6.45) is 6.88. The van der Waals surface area contributed by atoms with Gasteiger partial charge >= 0.3 is 0 Å². The van der Waals surface area contributed by atoms with Crippen LogP contribution in [0.3, 0.4) is 0 Å². The van der Waals surface area contributed by atoms with Gasteiger partial charge in [-0.2, -0.15) is 0 Å². The molecule has 0 amide bonds. The van der Waals surface area contributed by atoms with Crippen LogP contribution in [0, 0.1) is 0 Å². The maximum atomic E-state index is 10.6. The third kappa shape index (κ3) is 4.10. The second kappa shape index (κ2) is 7.91. The minimum Gasteiger partial charge on any atom is -0.389 e. The summed E-state index contributed by atoms with van der Waals surface area (Å²) in [7, 11) is 0. The molecule has 0 radical (unpaired) electrons. The van der Waals surface area contributed by atoms with E-state index in [0.29, 0.717) is 12.6 Å². The highest BCUT2D eigenvalue weighted by atomic mass is 79.9. The van der Waals surface area contributed by atoms with Crippen LogP contribution >= 0.6 is 15.9 Å². The van der Waals surface area contributed by atoms with E-state index >= 15 is 0 Å². The van der Waals surface area contributed by atoms with E-state index in [4.69, 9.17) is 4.74 Å². The van der Waals surface area contributed by atoms with Crippen molar-refractivity contribution in [1.29, 1.82) is 0 Å². The molecule has 4 heteroatoms. The number of nitrogens with zero attached hydrogens (tertiary/aromatic N) is 1. The Balaban J connectivity index is 1.53. The molecule has 1 saturated carbocycles. The zero-order valence-corrected chi connectivity index (χ0v) is 14.7. The second-order valence-electron chi connectivity index (χ2n) is 6.56. The Labute approximate surface area is 141 Å². The van der Waals surface area contributed by atoms with Crippen LogP contribution < -0.4 is 0 Å². The van der Waals surface area contributed by atoms with Crippen LogP contribution in [0.4, 0.5) is 0 Å². The Morgan fingerprint density at radius 2 is 1.91 bits per heavy atom. The lowest BCUT2D eigenvalue weighted by atomic mass is 10.1. The first-order valence-corrected chi connectivity index (χ1v) is 9.31. The summed E-state index contributed by atoms with van der Waals surface area (Å²) < 4.78 is 7.08. The fourth-order valence-corrected chi connectivity index (χ4v) is 4.21. The molecule has 22 heavy (non-hydrogen) atoms. The molecule has 1 saturated heterocycles. The fourth-order valence-electron chi connectivity index (χ4n) is 3.76. The van der Waals surface area contributed by atoms with E-state index in [2.05, 4.69) is 33.0 Å². The molecule has 3 rings (SSSR count). The molecule has 0 spiro atoms. The smallest absolute Gasteiger partial charge is 0.0956 e. The predicted octanol–water partition coefficient (Wildman–Crippen LogP) is 3.73. The maximum absolute atomic E-state index is 10.6. The molecule has 1 aliphatic carbocycles. The van der Waals surface area contributed by atoms with Gasteiger partial charge in [0.1, 0.15) is 0 Å². The third-order valence-electron chi connectivity index (χ3n) is 4.98. The average Bonchev–Trinajstić information content (AvgIpc) is 2.73. The Morgan fingerprint density at radius 1 is 1.14 bits per heavy atom. The van der Waals surface area contributed by atoms with Crippen molar-refractivity contribution in [3.05, 3.63) is 34.3 Å². The fraction of sp³-hybridized carbons (Fsp3) is 0.667. The number of aliphatic hydroxyl groups is 1. The van der Waals surface area contributed by atoms with Gasteiger partial charge in [0.2, 0.25) is 0 Å². The minimum atomic E-state index is -0.342. The zero-order chi connectivity index (χ0) is 15.4. The standard InChI is InChI=1S/C18H26BrNO2/c19-15-7-5-6-14(12-15)13-22-17-9-8-16(18(17)21)20-10-3-1-2-4-11-20/h5-7,12,16-18,21H,1-4,8-11,13H2. The lowest BCUT2D eigenvalue weighted by Gasteiger charge is -2.30.